The van der Waals surface area contributed by atoms with E-state index in [-0.39, 0.29) is 12.4 Å². The summed E-state index contributed by atoms with van der Waals surface area (Å²) in [5.74, 6) is 1.29. The Bertz CT molecular complexity index is 374. The first-order chi connectivity index (χ1) is 7.51. The quantitative estimate of drug-likeness (QED) is 0.891. The van der Waals surface area contributed by atoms with E-state index in [0.717, 1.165) is 10.0 Å². The van der Waals surface area contributed by atoms with E-state index in [1.54, 1.807) is 33.3 Å². The van der Waals surface area contributed by atoms with Crippen LogP contribution >= 0.6 is 28.3 Å². The smallest absolute Gasteiger partial charge is 0.133 e. The zero-order valence-electron chi connectivity index (χ0n) is 9.94. The third-order valence-electron chi connectivity index (χ3n) is 2.38. The summed E-state index contributed by atoms with van der Waals surface area (Å²) in [5.41, 5.74) is 6.61. The van der Waals surface area contributed by atoms with E-state index < -0.39 is 12.1 Å². The number of rotatable bonds is 4. The Kier molecular flexibility index (Phi) is 6.85. The molecule has 2 atom stereocenters. The van der Waals surface area contributed by atoms with Gasteiger partial charge < -0.3 is 20.3 Å². The lowest BCUT2D eigenvalue weighted by molar-refractivity contribution is 0.162. The minimum Gasteiger partial charge on any atom is -0.496 e. The van der Waals surface area contributed by atoms with Crippen molar-refractivity contribution < 1.29 is 14.6 Å². The van der Waals surface area contributed by atoms with Crippen molar-refractivity contribution in [2.24, 2.45) is 5.73 Å². The van der Waals surface area contributed by atoms with Crippen molar-refractivity contribution >= 4 is 28.3 Å². The van der Waals surface area contributed by atoms with Gasteiger partial charge in [-0.15, -0.1) is 12.4 Å². The highest BCUT2D eigenvalue weighted by Crippen LogP contribution is 2.35. The Balaban J connectivity index is 0.00000256. The van der Waals surface area contributed by atoms with Gasteiger partial charge in [0.2, 0.25) is 0 Å². The van der Waals surface area contributed by atoms with E-state index in [2.05, 4.69) is 15.9 Å². The molecule has 0 amide bonds. The average molecular weight is 327 g/mol. The molecule has 0 aromatic heterocycles. The van der Waals surface area contributed by atoms with Gasteiger partial charge in [-0.05, 0) is 35.0 Å². The maximum Gasteiger partial charge on any atom is 0.133 e. The van der Waals surface area contributed by atoms with Gasteiger partial charge in [0, 0.05) is 5.56 Å². The summed E-state index contributed by atoms with van der Waals surface area (Å²) in [6, 6.07) is 3.04. The number of nitrogens with two attached hydrogens (primary N) is 1. The molecule has 98 valence electrons. The normalized spacial score (nSPS) is 13.5. The fraction of sp³-hybridized carbons (Fsp3) is 0.455. The third-order valence-corrected chi connectivity index (χ3v) is 3.00. The standard InChI is InChI=1S/C11H16BrNO3.ClH/c1-6(14)11(13)7-4-10(16-3)8(12)5-9(7)15-2;/h4-6,11,14H,13H2,1-3H3;1H/t6-,11-;/m0./s1. The Morgan fingerprint density at radius 1 is 1.24 bits per heavy atom. The van der Waals surface area contributed by atoms with Gasteiger partial charge in [0.1, 0.15) is 11.5 Å². The SMILES string of the molecule is COc1cc([C@@H](N)[C@H](C)O)c(OC)cc1Br.Cl. The minimum absolute atomic E-state index is 0. The molecule has 0 aliphatic carbocycles. The molecule has 0 aliphatic heterocycles. The van der Waals surface area contributed by atoms with Crippen LogP contribution in [0, 0.1) is 0 Å². The molecule has 1 aromatic rings. The molecule has 0 heterocycles. The molecule has 3 N–H and O–H groups in total. The van der Waals surface area contributed by atoms with Gasteiger partial charge in [-0.2, -0.15) is 0 Å². The summed E-state index contributed by atoms with van der Waals surface area (Å²) < 4.78 is 11.2. The van der Waals surface area contributed by atoms with Gasteiger partial charge in [-0.25, -0.2) is 0 Å². The van der Waals surface area contributed by atoms with E-state index in [0.29, 0.717) is 11.5 Å². The predicted octanol–water partition coefficient (Wildman–Crippen LogP) is 2.27. The van der Waals surface area contributed by atoms with Crippen molar-refractivity contribution in [3.8, 4) is 11.5 Å². The highest BCUT2D eigenvalue weighted by molar-refractivity contribution is 9.10. The molecule has 0 aliphatic rings. The van der Waals surface area contributed by atoms with Crippen molar-refractivity contribution in [2.75, 3.05) is 14.2 Å². The first-order valence-corrected chi connectivity index (χ1v) is 5.65. The number of hydrogen-bond acceptors (Lipinski definition) is 4. The van der Waals surface area contributed by atoms with E-state index >= 15 is 0 Å². The van der Waals surface area contributed by atoms with E-state index in [4.69, 9.17) is 15.2 Å². The van der Waals surface area contributed by atoms with Crippen LogP contribution in [0.1, 0.15) is 18.5 Å². The van der Waals surface area contributed by atoms with Gasteiger partial charge in [-0.1, -0.05) is 0 Å². The fourth-order valence-electron chi connectivity index (χ4n) is 1.40. The van der Waals surface area contributed by atoms with Crippen molar-refractivity contribution in [1.29, 1.82) is 0 Å². The van der Waals surface area contributed by atoms with Crippen molar-refractivity contribution in [2.45, 2.75) is 19.1 Å². The molecule has 0 radical (unpaired) electrons. The molecule has 4 nitrogen and oxygen atoms in total. The van der Waals surface area contributed by atoms with E-state index in [1.165, 1.54) is 0 Å². The van der Waals surface area contributed by atoms with E-state index in [9.17, 15) is 5.11 Å². The summed E-state index contributed by atoms with van der Waals surface area (Å²) in [5, 5.41) is 9.49. The van der Waals surface area contributed by atoms with Gasteiger partial charge in [-0.3, -0.25) is 0 Å². The topological polar surface area (TPSA) is 64.7 Å². The second-order valence-electron chi connectivity index (χ2n) is 3.50. The number of ether oxygens (including phenoxy) is 2. The van der Waals surface area contributed by atoms with Gasteiger partial charge >= 0.3 is 0 Å². The first-order valence-electron chi connectivity index (χ1n) is 4.86. The molecule has 1 aromatic carbocycles. The summed E-state index contributed by atoms with van der Waals surface area (Å²) >= 11 is 3.36. The maximum absolute atomic E-state index is 9.49. The molecule has 0 bridgehead atoms. The third kappa shape index (κ3) is 3.74. The lowest BCUT2D eigenvalue weighted by atomic mass is 10.0. The zero-order valence-corrected chi connectivity index (χ0v) is 12.3. The van der Waals surface area contributed by atoms with Crippen LogP contribution in [0.15, 0.2) is 16.6 Å². The Morgan fingerprint density at radius 3 is 2.18 bits per heavy atom. The Morgan fingerprint density at radius 2 is 1.76 bits per heavy atom. The van der Waals surface area contributed by atoms with Gasteiger partial charge in [0.15, 0.2) is 0 Å². The van der Waals surface area contributed by atoms with Gasteiger partial charge in [0.05, 0.1) is 30.8 Å². The summed E-state index contributed by atoms with van der Waals surface area (Å²) in [7, 11) is 3.14. The molecule has 0 spiro atoms. The molecule has 1 rings (SSSR count). The van der Waals surface area contributed by atoms with Crippen LogP contribution in [-0.2, 0) is 0 Å². The monoisotopic (exact) mass is 325 g/mol. The zero-order chi connectivity index (χ0) is 12.3. The summed E-state index contributed by atoms with van der Waals surface area (Å²) in [4.78, 5) is 0. The number of methoxy groups -OCH3 is 2. The lowest BCUT2D eigenvalue weighted by Crippen LogP contribution is -2.23. The number of aliphatic hydroxyl groups excluding tert-OH is 1. The maximum atomic E-state index is 9.49. The van der Waals surface area contributed by atoms with Crippen LogP contribution in [-0.4, -0.2) is 25.4 Å². The molecular weight excluding hydrogens is 309 g/mol. The van der Waals surface area contributed by atoms with Crippen molar-refractivity contribution in [1.82, 2.24) is 0 Å². The van der Waals surface area contributed by atoms with Crippen LogP contribution < -0.4 is 15.2 Å². The molecule has 0 fully saturated rings. The highest BCUT2D eigenvalue weighted by atomic mass is 79.9. The Labute approximate surface area is 116 Å². The second-order valence-corrected chi connectivity index (χ2v) is 4.35. The largest absolute Gasteiger partial charge is 0.496 e. The van der Waals surface area contributed by atoms with Crippen LogP contribution in [0.3, 0.4) is 0 Å². The van der Waals surface area contributed by atoms with Crippen LogP contribution in [0.5, 0.6) is 11.5 Å². The number of halogens is 2. The molecule has 0 saturated heterocycles. The number of aliphatic hydroxyl groups is 1. The molecule has 6 heteroatoms. The second kappa shape index (κ2) is 7.06. The van der Waals surface area contributed by atoms with Crippen molar-refractivity contribution in [3.05, 3.63) is 22.2 Å². The Hall–Kier alpha value is -0.490. The van der Waals surface area contributed by atoms with Crippen LogP contribution in [0.25, 0.3) is 0 Å². The number of benzene rings is 1. The van der Waals surface area contributed by atoms with Crippen molar-refractivity contribution in [3.63, 3.8) is 0 Å². The highest BCUT2D eigenvalue weighted by Gasteiger charge is 2.19. The molecule has 0 saturated carbocycles. The van der Waals surface area contributed by atoms with Crippen LogP contribution in [0.4, 0.5) is 0 Å². The molecule has 0 unspecified atom stereocenters. The van der Waals surface area contributed by atoms with Gasteiger partial charge in [0.25, 0.3) is 0 Å². The minimum atomic E-state index is -0.653. The first kappa shape index (κ1) is 16.5. The molecule has 17 heavy (non-hydrogen) atoms. The lowest BCUT2D eigenvalue weighted by Gasteiger charge is -2.19. The summed E-state index contributed by atoms with van der Waals surface area (Å²) in [6.07, 6.45) is -0.653. The number of hydrogen-bond donors (Lipinski definition) is 2. The summed E-state index contributed by atoms with van der Waals surface area (Å²) in [6.45, 7) is 1.64. The fourth-order valence-corrected chi connectivity index (χ4v) is 1.89. The predicted molar refractivity (Wildman–Crippen MR) is 73.1 cm³/mol. The molecular formula is C11H17BrClNO3. The van der Waals surface area contributed by atoms with Crippen LogP contribution in [0.2, 0.25) is 0 Å². The van der Waals surface area contributed by atoms with E-state index in [1.807, 2.05) is 0 Å². The average Bonchev–Trinajstić information content (AvgIpc) is 2.27.